The molecule has 0 N–H and O–H groups in total. The molecule has 0 radical (unpaired) electrons. The van der Waals surface area contributed by atoms with Gasteiger partial charge in [-0.3, -0.25) is 4.79 Å². The first-order chi connectivity index (χ1) is 11.2. The molecular formula is C18H28N4O. The molecule has 1 amide bonds. The van der Waals surface area contributed by atoms with Gasteiger partial charge in [0, 0.05) is 39.3 Å². The van der Waals surface area contributed by atoms with E-state index in [-0.39, 0.29) is 5.91 Å². The molecule has 0 bridgehead atoms. The molecule has 0 aromatic carbocycles. The number of carbonyl (C=O) groups is 1. The summed E-state index contributed by atoms with van der Waals surface area (Å²) in [4.78, 5) is 23.7. The Balaban J connectivity index is 1.61. The van der Waals surface area contributed by atoms with Gasteiger partial charge in [0.25, 0.3) is 5.91 Å². The minimum atomic E-state index is 0.0688. The molecule has 2 aliphatic heterocycles. The van der Waals surface area contributed by atoms with Crippen LogP contribution in [0, 0.1) is 5.92 Å². The van der Waals surface area contributed by atoms with Gasteiger partial charge in [-0.25, -0.2) is 4.98 Å². The molecule has 0 spiro atoms. The van der Waals surface area contributed by atoms with Crippen molar-refractivity contribution < 1.29 is 4.79 Å². The van der Waals surface area contributed by atoms with Crippen LogP contribution in [-0.2, 0) is 0 Å². The van der Waals surface area contributed by atoms with Crippen LogP contribution in [0.1, 0.15) is 37.2 Å². The number of hydrogen-bond acceptors (Lipinski definition) is 4. The van der Waals surface area contributed by atoms with Gasteiger partial charge < -0.3 is 14.7 Å². The number of aromatic nitrogens is 1. The third kappa shape index (κ3) is 3.83. The first kappa shape index (κ1) is 16.2. The molecule has 1 unspecified atom stereocenters. The standard InChI is InChI=1S/C18H28N4O/c1-3-20-9-11-21(12-10-20)18(23)17-7-6-16(13-19-17)22-8-4-5-15(2)14-22/h6-7,13,15H,3-5,8-12,14H2,1-2H3. The highest BCUT2D eigenvalue weighted by Gasteiger charge is 2.23. The molecule has 0 saturated carbocycles. The second-order valence-electron chi connectivity index (χ2n) is 6.82. The average molecular weight is 316 g/mol. The van der Waals surface area contributed by atoms with Crippen molar-refractivity contribution in [2.45, 2.75) is 26.7 Å². The van der Waals surface area contributed by atoms with Gasteiger partial charge in [0.15, 0.2) is 0 Å². The zero-order chi connectivity index (χ0) is 16.2. The highest BCUT2D eigenvalue weighted by atomic mass is 16.2. The lowest BCUT2D eigenvalue weighted by Crippen LogP contribution is -2.48. The van der Waals surface area contributed by atoms with Crippen LogP contribution in [0.4, 0.5) is 5.69 Å². The maximum absolute atomic E-state index is 12.6. The van der Waals surface area contributed by atoms with Crippen LogP contribution < -0.4 is 4.90 Å². The average Bonchev–Trinajstić information content (AvgIpc) is 2.61. The Hall–Kier alpha value is -1.62. The number of anilines is 1. The van der Waals surface area contributed by atoms with E-state index < -0.39 is 0 Å². The van der Waals surface area contributed by atoms with E-state index in [9.17, 15) is 4.79 Å². The van der Waals surface area contributed by atoms with Gasteiger partial charge in [0.05, 0.1) is 11.9 Å². The third-order valence-electron chi connectivity index (χ3n) is 5.10. The minimum Gasteiger partial charge on any atom is -0.370 e. The van der Waals surface area contributed by atoms with Crippen molar-refractivity contribution in [3.63, 3.8) is 0 Å². The molecule has 3 rings (SSSR count). The summed E-state index contributed by atoms with van der Waals surface area (Å²) in [5.74, 6) is 0.805. The zero-order valence-electron chi connectivity index (χ0n) is 14.4. The number of hydrogen-bond donors (Lipinski definition) is 0. The predicted molar refractivity (Wildman–Crippen MR) is 92.9 cm³/mol. The molecule has 5 nitrogen and oxygen atoms in total. The summed E-state index contributed by atoms with van der Waals surface area (Å²) in [7, 11) is 0. The number of likely N-dealkylation sites (N-methyl/N-ethyl adjacent to an activating group) is 1. The van der Waals surface area contributed by atoms with Crippen molar-refractivity contribution in [2.24, 2.45) is 5.92 Å². The summed E-state index contributed by atoms with van der Waals surface area (Å²) < 4.78 is 0. The molecule has 0 aliphatic carbocycles. The molecule has 2 saturated heterocycles. The topological polar surface area (TPSA) is 39.7 Å². The Morgan fingerprint density at radius 1 is 1.22 bits per heavy atom. The maximum atomic E-state index is 12.6. The summed E-state index contributed by atoms with van der Waals surface area (Å²) >= 11 is 0. The second kappa shape index (κ2) is 7.30. The molecule has 3 heterocycles. The van der Waals surface area contributed by atoms with Crippen LogP contribution in [0.3, 0.4) is 0 Å². The first-order valence-electron chi connectivity index (χ1n) is 8.90. The number of piperazine rings is 1. The van der Waals surface area contributed by atoms with Gasteiger partial charge in [-0.05, 0) is 37.4 Å². The fourth-order valence-corrected chi connectivity index (χ4v) is 3.55. The van der Waals surface area contributed by atoms with Crippen LogP contribution in [0.15, 0.2) is 18.3 Å². The SMILES string of the molecule is CCN1CCN(C(=O)c2ccc(N3CCCC(C)C3)cn2)CC1. The lowest BCUT2D eigenvalue weighted by Gasteiger charge is -2.34. The van der Waals surface area contributed by atoms with Crippen molar-refractivity contribution in [3.8, 4) is 0 Å². The second-order valence-corrected chi connectivity index (χ2v) is 6.82. The van der Waals surface area contributed by atoms with Gasteiger partial charge >= 0.3 is 0 Å². The fraction of sp³-hybridized carbons (Fsp3) is 0.667. The van der Waals surface area contributed by atoms with Crippen molar-refractivity contribution in [1.82, 2.24) is 14.8 Å². The Kier molecular flexibility index (Phi) is 5.16. The van der Waals surface area contributed by atoms with Crippen LogP contribution in [-0.4, -0.2) is 66.5 Å². The molecular weight excluding hydrogens is 288 g/mol. The lowest BCUT2D eigenvalue weighted by atomic mass is 10.00. The molecule has 23 heavy (non-hydrogen) atoms. The Bertz CT molecular complexity index is 522. The number of pyridine rings is 1. The van der Waals surface area contributed by atoms with Gasteiger partial charge in [0.1, 0.15) is 5.69 Å². The molecule has 1 aromatic rings. The Morgan fingerprint density at radius 2 is 2.00 bits per heavy atom. The molecule has 1 atom stereocenters. The Labute approximate surface area is 139 Å². The highest BCUT2D eigenvalue weighted by molar-refractivity contribution is 5.92. The summed E-state index contributed by atoms with van der Waals surface area (Å²) in [6.45, 7) is 11.2. The van der Waals surface area contributed by atoms with Gasteiger partial charge in [0.2, 0.25) is 0 Å². The van der Waals surface area contributed by atoms with E-state index in [1.807, 2.05) is 17.2 Å². The molecule has 1 aromatic heterocycles. The fourth-order valence-electron chi connectivity index (χ4n) is 3.55. The number of amides is 1. The van der Waals surface area contributed by atoms with Crippen LogP contribution in [0.25, 0.3) is 0 Å². The smallest absolute Gasteiger partial charge is 0.272 e. The number of carbonyl (C=O) groups excluding carboxylic acids is 1. The van der Waals surface area contributed by atoms with E-state index in [0.717, 1.165) is 57.4 Å². The van der Waals surface area contributed by atoms with E-state index in [2.05, 4.69) is 34.7 Å². The maximum Gasteiger partial charge on any atom is 0.272 e. The van der Waals surface area contributed by atoms with Crippen molar-refractivity contribution >= 4 is 11.6 Å². The molecule has 2 fully saturated rings. The van der Waals surface area contributed by atoms with Crippen LogP contribution in [0.5, 0.6) is 0 Å². The molecule has 126 valence electrons. The lowest BCUT2D eigenvalue weighted by molar-refractivity contribution is 0.0637. The summed E-state index contributed by atoms with van der Waals surface area (Å²) in [5.41, 5.74) is 1.72. The Morgan fingerprint density at radius 3 is 2.61 bits per heavy atom. The number of piperidine rings is 1. The quantitative estimate of drug-likeness (QED) is 0.856. The van der Waals surface area contributed by atoms with Crippen molar-refractivity contribution in [3.05, 3.63) is 24.0 Å². The summed E-state index contributed by atoms with van der Waals surface area (Å²) in [6, 6.07) is 3.95. The van der Waals surface area contributed by atoms with Gasteiger partial charge in [-0.1, -0.05) is 13.8 Å². The van der Waals surface area contributed by atoms with E-state index in [1.54, 1.807) is 0 Å². The minimum absolute atomic E-state index is 0.0688. The van der Waals surface area contributed by atoms with Gasteiger partial charge in [-0.2, -0.15) is 0 Å². The highest BCUT2D eigenvalue weighted by Crippen LogP contribution is 2.22. The first-order valence-corrected chi connectivity index (χ1v) is 8.90. The van der Waals surface area contributed by atoms with E-state index in [4.69, 9.17) is 0 Å². The monoisotopic (exact) mass is 316 g/mol. The van der Waals surface area contributed by atoms with E-state index in [0.29, 0.717) is 5.69 Å². The summed E-state index contributed by atoms with van der Waals surface area (Å²) in [6.07, 6.45) is 4.42. The van der Waals surface area contributed by atoms with Crippen LogP contribution in [0.2, 0.25) is 0 Å². The molecule has 2 aliphatic rings. The predicted octanol–water partition coefficient (Wildman–Crippen LogP) is 2.10. The van der Waals surface area contributed by atoms with Crippen molar-refractivity contribution in [1.29, 1.82) is 0 Å². The van der Waals surface area contributed by atoms with E-state index in [1.165, 1.54) is 12.8 Å². The summed E-state index contributed by atoms with van der Waals surface area (Å²) in [5, 5.41) is 0. The molecule has 5 heteroatoms. The zero-order valence-corrected chi connectivity index (χ0v) is 14.4. The third-order valence-corrected chi connectivity index (χ3v) is 5.10. The van der Waals surface area contributed by atoms with E-state index >= 15 is 0 Å². The number of nitrogens with zero attached hydrogens (tertiary/aromatic N) is 4. The van der Waals surface area contributed by atoms with Crippen LogP contribution >= 0.6 is 0 Å². The largest absolute Gasteiger partial charge is 0.370 e. The van der Waals surface area contributed by atoms with Gasteiger partial charge in [-0.15, -0.1) is 0 Å². The normalized spacial score (nSPS) is 23.1. The van der Waals surface area contributed by atoms with Crippen molar-refractivity contribution in [2.75, 3.05) is 50.7 Å². The number of rotatable bonds is 3.